The Labute approximate surface area is 115 Å². The van der Waals surface area contributed by atoms with Gasteiger partial charge in [0.05, 0.1) is 17.5 Å². The Balaban J connectivity index is 2.39. The van der Waals surface area contributed by atoms with Gasteiger partial charge in [-0.05, 0) is 40.7 Å². The second-order valence-corrected chi connectivity index (χ2v) is 7.86. The highest BCUT2D eigenvalue weighted by atomic mass is 32.2. The summed E-state index contributed by atoms with van der Waals surface area (Å²) < 4.78 is 36.3. The van der Waals surface area contributed by atoms with Crippen molar-refractivity contribution in [1.82, 2.24) is 3.97 Å². The molecule has 1 fully saturated rings. The van der Waals surface area contributed by atoms with Crippen LogP contribution in [0.3, 0.4) is 0 Å². The van der Waals surface area contributed by atoms with E-state index < -0.39 is 28.3 Å². The molecule has 1 saturated heterocycles. The molecule has 0 atom stereocenters. The van der Waals surface area contributed by atoms with Gasteiger partial charge in [0.2, 0.25) is 10.0 Å². The molecule has 0 aromatic carbocycles. The summed E-state index contributed by atoms with van der Waals surface area (Å²) >= 11 is 0. The summed E-state index contributed by atoms with van der Waals surface area (Å²) in [5.41, 5.74) is 0.513. The maximum atomic E-state index is 11.6. The lowest BCUT2D eigenvalue weighted by atomic mass is 9.79. The largest absolute Gasteiger partial charge is 0.496 e. The van der Waals surface area contributed by atoms with Crippen molar-refractivity contribution >= 4 is 22.6 Å². The predicted molar refractivity (Wildman–Crippen MR) is 75.1 cm³/mol. The minimum absolute atomic E-state index is 0.433. The molecule has 7 heteroatoms. The molecular formula is C12H20BNO4S. The fourth-order valence-electron chi connectivity index (χ4n) is 2.09. The van der Waals surface area contributed by atoms with E-state index in [1.165, 1.54) is 16.4 Å². The van der Waals surface area contributed by atoms with Crippen LogP contribution in [0.1, 0.15) is 33.4 Å². The Hall–Kier alpha value is -0.785. The summed E-state index contributed by atoms with van der Waals surface area (Å²) in [6.07, 6.45) is 2.71. The molecule has 0 unspecified atom stereocenters. The molecule has 0 spiro atoms. The number of hydrogen-bond donors (Lipinski definition) is 0. The molecule has 0 aliphatic carbocycles. The van der Waals surface area contributed by atoms with E-state index in [9.17, 15) is 8.42 Å². The summed E-state index contributed by atoms with van der Waals surface area (Å²) in [4.78, 5) is 0. The van der Waals surface area contributed by atoms with Gasteiger partial charge in [-0.2, -0.15) is 0 Å². The Bertz CT molecular complexity index is 587. The van der Waals surface area contributed by atoms with Crippen LogP contribution in [-0.4, -0.2) is 37.0 Å². The zero-order chi connectivity index (χ0) is 14.6. The Morgan fingerprint density at radius 1 is 1.16 bits per heavy atom. The zero-order valence-electron chi connectivity index (χ0n) is 12.2. The topological polar surface area (TPSA) is 57.5 Å². The molecule has 2 heterocycles. The second kappa shape index (κ2) is 4.10. The van der Waals surface area contributed by atoms with Crippen LogP contribution in [-0.2, 0) is 19.3 Å². The lowest BCUT2D eigenvalue weighted by Gasteiger charge is -2.32. The minimum atomic E-state index is -3.29. The molecule has 0 saturated carbocycles. The first kappa shape index (κ1) is 14.6. The van der Waals surface area contributed by atoms with Gasteiger partial charge in [-0.1, -0.05) is 0 Å². The second-order valence-electron chi connectivity index (χ2n) is 6.00. The highest BCUT2D eigenvalue weighted by Crippen LogP contribution is 2.36. The summed E-state index contributed by atoms with van der Waals surface area (Å²) in [7, 11) is -3.83. The smallest absolute Gasteiger partial charge is 0.399 e. The monoisotopic (exact) mass is 285 g/mol. The van der Waals surface area contributed by atoms with Crippen molar-refractivity contribution in [2.75, 3.05) is 6.26 Å². The van der Waals surface area contributed by atoms with Gasteiger partial charge in [-0.15, -0.1) is 0 Å². The van der Waals surface area contributed by atoms with E-state index in [2.05, 4.69) is 0 Å². The maximum absolute atomic E-state index is 11.6. The molecule has 0 radical (unpaired) electrons. The molecule has 0 amide bonds. The van der Waals surface area contributed by atoms with E-state index >= 15 is 0 Å². The average molecular weight is 285 g/mol. The molecule has 106 valence electrons. The van der Waals surface area contributed by atoms with Crippen molar-refractivity contribution in [2.45, 2.75) is 45.8 Å². The molecule has 0 bridgehead atoms. The standard InChI is InChI=1S/C12H20BNO4S/c1-9-10(7-8-14(9)19(6,15)16)13-17-11(2,3)12(4,5)18-13/h7-8H,1-6H3. The van der Waals surface area contributed by atoms with Crippen LogP contribution in [0.15, 0.2) is 12.3 Å². The van der Waals surface area contributed by atoms with E-state index in [0.29, 0.717) is 5.69 Å². The molecular weight excluding hydrogens is 265 g/mol. The van der Waals surface area contributed by atoms with Crippen LogP contribution < -0.4 is 5.46 Å². The van der Waals surface area contributed by atoms with E-state index in [1.54, 1.807) is 13.0 Å². The Kier molecular flexibility index (Phi) is 3.16. The fraction of sp³-hybridized carbons (Fsp3) is 0.667. The lowest BCUT2D eigenvalue weighted by Crippen LogP contribution is -2.41. The van der Waals surface area contributed by atoms with E-state index in [0.717, 1.165) is 5.46 Å². The van der Waals surface area contributed by atoms with Gasteiger partial charge in [0, 0.05) is 17.4 Å². The van der Waals surface area contributed by atoms with Gasteiger partial charge in [-0.3, -0.25) is 3.97 Å². The van der Waals surface area contributed by atoms with E-state index in [1.807, 2.05) is 27.7 Å². The molecule has 1 aliphatic rings. The number of nitrogens with zero attached hydrogens (tertiary/aromatic N) is 1. The highest BCUT2D eigenvalue weighted by molar-refractivity contribution is 7.89. The van der Waals surface area contributed by atoms with Gasteiger partial charge in [0.25, 0.3) is 0 Å². The SMILES string of the molecule is Cc1c(B2OC(C)(C)C(C)(C)O2)ccn1S(C)(=O)=O. The molecule has 1 aliphatic heterocycles. The van der Waals surface area contributed by atoms with Crippen LogP contribution in [0.4, 0.5) is 0 Å². The summed E-state index contributed by atoms with van der Waals surface area (Å²) in [6.45, 7) is 9.62. The maximum Gasteiger partial charge on any atom is 0.496 e. The van der Waals surface area contributed by atoms with Crippen molar-refractivity contribution in [1.29, 1.82) is 0 Å². The first-order valence-electron chi connectivity index (χ1n) is 6.20. The van der Waals surface area contributed by atoms with Crippen molar-refractivity contribution < 1.29 is 17.7 Å². The normalized spacial score (nSPS) is 21.9. The molecule has 1 aromatic heterocycles. The molecule has 5 nitrogen and oxygen atoms in total. The lowest BCUT2D eigenvalue weighted by molar-refractivity contribution is 0.00578. The summed E-state index contributed by atoms with van der Waals surface area (Å²) in [5, 5.41) is 0. The Morgan fingerprint density at radius 3 is 2.00 bits per heavy atom. The minimum Gasteiger partial charge on any atom is -0.399 e. The predicted octanol–water partition coefficient (Wildman–Crippen LogP) is 0.903. The van der Waals surface area contributed by atoms with Crippen molar-refractivity contribution in [3.05, 3.63) is 18.0 Å². The van der Waals surface area contributed by atoms with Crippen LogP contribution in [0, 0.1) is 6.92 Å². The summed E-state index contributed by atoms with van der Waals surface area (Å²) in [6, 6.07) is 1.73. The van der Waals surface area contributed by atoms with Gasteiger partial charge in [0.1, 0.15) is 0 Å². The zero-order valence-corrected chi connectivity index (χ0v) is 13.0. The molecule has 0 N–H and O–H groups in total. The van der Waals surface area contributed by atoms with Crippen LogP contribution >= 0.6 is 0 Å². The summed E-state index contributed by atoms with van der Waals surface area (Å²) in [5.74, 6) is 0. The first-order valence-corrected chi connectivity index (χ1v) is 8.04. The van der Waals surface area contributed by atoms with Crippen LogP contribution in [0.25, 0.3) is 0 Å². The van der Waals surface area contributed by atoms with E-state index in [-0.39, 0.29) is 0 Å². The third-order valence-corrected chi connectivity index (χ3v) is 5.11. The first-order chi connectivity index (χ1) is 8.46. The fourth-order valence-corrected chi connectivity index (χ4v) is 2.97. The van der Waals surface area contributed by atoms with Crippen molar-refractivity contribution in [3.8, 4) is 0 Å². The van der Waals surface area contributed by atoms with Gasteiger partial charge in [0.15, 0.2) is 0 Å². The van der Waals surface area contributed by atoms with Crippen LogP contribution in [0.5, 0.6) is 0 Å². The third kappa shape index (κ3) is 2.35. The van der Waals surface area contributed by atoms with Crippen molar-refractivity contribution in [2.24, 2.45) is 0 Å². The molecule has 19 heavy (non-hydrogen) atoms. The third-order valence-electron chi connectivity index (χ3n) is 4.00. The van der Waals surface area contributed by atoms with Gasteiger partial charge < -0.3 is 9.31 Å². The highest BCUT2D eigenvalue weighted by Gasteiger charge is 2.52. The van der Waals surface area contributed by atoms with Gasteiger partial charge in [-0.25, -0.2) is 8.42 Å². The number of hydrogen-bond acceptors (Lipinski definition) is 4. The molecule has 2 rings (SSSR count). The molecule has 1 aromatic rings. The van der Waals surface area contributed by atoms with Crippen molar-refractivity contribution in [3.63, 3.8) is 0 Å². The Morgan fingerprint density at radius 2 is 1.63 bits per heavy atom. The average Bonchev–Trinajstić information content (AvgIpc) is 2.65. The number of aromatic nitrogens is 1. The number of rotatable bonds is 2. The quantitative estimate of drug-likeness (QED) is 0.758. The van der Waals surface area contributed by atoms with E-state index in [4.69, 9.17) is 9.31 Å². The van der Waals surface area contributed by atoms with Crippen LogP contribution in [0.2, 0.25) is 0 Å². The van der Waals surface area contributed by atoms with Gasteiger partial charge >= 0.3 is 7.12 Å².